The molecule has 0 aliphatic heterocycles. The number of benzene rings is 2. The third-order valence-corrected chi connectivity index (χ3v) is 3.28. The Morgan fingerprint density at radius 2 is 0.864 bits per heavy atom. The summed E-state index contributed by atoms with van der Waals surface area (Å²) in [6, 6.07) is 8.82. The normalized spacial score (nSPS) is 12.7. The molecule has 0 unspecified atom stereocenters. The highest BCUT2D eigenvalue weighted by atomic mass is 19.4. The van der Waals surface area contributed by atoms with Crippen molar-refractivity contribution in [2.24, 2.45) is 0 Å². The lowest BCUT2D eigenvalue weighted by atomic mass is 9.92. The van der Waals surface area contributed by atoms with E-state index >= 15 is 0 Å². The molecule has 0 spiro atoms. The van der Waals surface area contributed by atoms with E-state index in [4.69, 9.17) is 0 Å². The van der Waals surface area contributed by atoms with E-state index in [-0.39, 0.29) is 0 Å². The molecule has 0 fully saturated rings. The SMILES string of the molecule is [CH2]C(c1ccc(C(F)(F)F)cc1)c1ccc(C(F)(F)F)cc1. The first-order valence-electron chi connectivity index (χ1n) is 6.26. The zero-order valence-electron chi connectivity index (χ0n) is 11.2. The smallest absolute Gasteiger partial charge is 0.166 e. The van der Waals surface area contributed by atoms with Gasteiger partial charge in [-0.1, -0.05) is 24.3 Å². The van der Waals surface area contributed by atoms with Gasteiger partial charge in [-0.2, -0.15) is 26.3 Å². The second kappa shape index (κ2) is 5.66. The minimum atomic E-state index is -4.43. The monoisotopic (exact) mass is 317 g/mol. The van der Waals surface area contributed by atoms with Crippen molar-refractivity contribution in [1.82, 2.24) is 0 Å². The van der Waals surface area contributed by atoms with E-state index in [2.05, 4.69) is 6.92 Å². The van der Waals surface area contributed by atoms with Crippen molar-refractivity contribution >= 4 is 0 Å². The quantitative estimate of drug-likeness (QED) is 0.624. The molecule has 2 aromatic carbocycles. The molecule has 0 saturated carbocycles. The average Bonchev–Trinajstić information content (AvgIpc) is 2.45. The van der Waals surface area contributed by atoms with Crippen LogP contribution in [-0.4, -0.2) is 0 Å². The summed E-state index contributed by atoms with van der Waals surface area (Å²) in [5.74, 6) is -0.551. The van der Waals surface area contributed by atoms with Crippen LogP contribution >= 0.6 is 0 Å². The predicted molar refractivity (Wildman–Crippen MR) is 70.1 cm³/mol. The first kappa shape index (κ1) is 16.4. The summed E-state index contributed by atoms with van der Waals surface area (Å²) in [5.41, 5.74) is -0.577. The van der Waals surface area contributed by atoms with Gasteiger partial charge in [0.25, 0.3) is 0 Å². The second-order valence-electron chi connectivity index (χ2n) is 4.79. The van der Waals surface area contributed by atoms with Gasteiger partial charge in [0.2, 0.25) is 0 Å². The molecular formula is C16H11F6. The van der Waals surface area contributed by atoms with Crippen molar-refractivity contribution in [2.75, 3.05) is 0 Å². The van der Waals surface area contributed by atoms with Gasteiger partial charge in [-0.05, 0) is 42.3 Å². The van der Waals surface area contributed by atoms with Gasteiger partial charge < -0.3 is 0 Å². The van der Waals surface area contributed by atoms with Gasteiger partial charge >= 0.3 is 12.4 Å². The second-order valence-corrected chi connectivity index (χ2v) is 4.79. The molecule has 6 heteroatoms. The van der Waals surface area contributed by atoms with Gasteiger partial charge in [-0.25, -0.2) is 0 Å². The third-order valence-electron chi connectivity index (χ3n) is 3.28. The Balaban J connectivity index is 2.23. The molecule has 0 aliphatic rings. The number of alkyl halides is 6. The minimum Gasteiger partial charge on any atom is -0.166 e. The number of rotatable bonds is 2. The highest BCUT2D eigenvalue weighted by Gasteiger charge is 2.31. The first-order valence-corrected chi connectivity index (χ1v) is 6.26. The van der Waals surface area contributed by atoms with Crippen molar-refractivity contribution in [3.05, 3.63) is 77.7 Å². The lowest BCUT2D eigenvalue weighted by Crippen LogP contribution is -2.06. The Morgan fingerprint density at radius 3 is 1.09 bits per heavy atom. The Kier molecular flexibility index (Phi) is 4.22. The lowest BCUT2D eigenvalue weighted by molar-refractivity contribution is -0.138. The van der Waals surface area contributed by atoms with Crippen molar-refractivity contribution in [2.45, 2.75) is 18.3 Å². The van der Waals surface area contributed by atoms with Gasteiger partial charge in [0.15, 0.2) is 0 Å². The van der Waals surface area contributed by atoms with Crippen molar-refractivity contribution in [3.63, 3.8) is 0 Å². The van der Waals surface area contributed by atoms with Gasteiger partial charge in [0, 0.05) is 5.92 Å². The molecule has 0 nitrogen and oxygen atoms in total. The minimum absolute atomic E-state index is 0.493. The fraction of sp³-hybridized carbons (Fsp3) is 0.188. The standard InChI is InChI=1S/C16H11F6/c1-10(11-2-6-13(7-3-11)15(17,18)19)12-4-8-14(9-5-12)16(20,21)22/h2-10H,1H2. The molecular weight excluding hydrogens is 306 g/mol. The number of hydrogen-bond donors (Lipinski definition) is 0. The molecule has 2 aromatic rings. The number of hydrogen-bond acceptors (Lipinski definition) is 0. The van der Waals surface area contributed by atoms with Gasteiger partial charge in [-0.3, -0.25) is 0 Å². The molecule has 117 valence electrons. The predicted octanol–water partition coefficient (Wildman–Crippen LogP) is 5.69. The van der Waals surface area contributed by atoms with E-state index < -0.39 is 29.4 Å². The van der Waals surface area contributed by atoms with Crippen LogP contribution in [0.15, 0.2) is 48.5 Å². The molecule has 0 N–H and O–H groups in total. The van der Waals surface area contributed by atoms with Crippen LogP contribution in [0.2, 0.25) is 0 Å². The van der Waals surface area contributed by atoms with Crippen LogP contribution in [0.3, 0.4) is 0 Å². The fourth-order valence-electron chi connectivity index (χ4n) is 2.00. The number of halogens is 6. The highest BCUT2D eigenvalue weighted by Crippen LogP contribution is 2.33. The van der Waals surface area contributed by atoms with E-state index in [1.165, 1.54) is 24.3 Å². The van der Waals surface area contributed by atoms with Gasteiger partial charge in [0.1, 0.15) is 0 Å². The molecule has 0 aliphatic carbocycles. The molecule has 0 atom stereocenters. The molecule has 1 radical (unpaired) electrons. The van der Waals surface area contributed by atoms with Crippen LogP contribution in [-0.2, 0) is 12.4 Å². The van der Waals surface area contributed by atoms with E-state index in [0.29, 0.717) is 11.1 Å². The van der Waals surface area contributed by atoms with E-state index in [1.54, 1.807) is 0 Å². The summed E-state index contributed by atoms with van der Waals surface area (Å²) < 4.78 is 74.9. The molecule has 22 heavy (non-hydrogen) atoms. The van der Waals surface area contributed by atoms with Crippen molar-refractivity contribution in [3.8, 4) is 0 Å². The lowest BCUT2D eigenvalue weighted by Gasteiger charge is -2.15. The Morgan fingerprint density at radius 1 is 0.591 bits per heavy atom. The molecule has 0 amide bonds. The van der Waals surface area contributed by atoms with Crippen LogP contribution in [0, 0.1) is 6.92 Å². The molecule has 0 heterocycles. The Hall–Kier alpha value is -1.98. The van der Waals surface area contributed by atoms with Crippen molar-refractivity contribution < 1.29 is 26.3 Å². The molecule has 2 rings (SSSR count). The Labute approximate surface area is 123 Å². The molecule has 0 aromatic heterocycles. The Bertz CT molecular complexity index is 562. The van der Waals surface area contributed by atoms with Crippen molar-refractivity contribution in [1.29, 1.82) is 0 Å². The van der Waals surface area contributed by atoms with Crippen LogP contribution in [0.4, 0.5) is 26.3 Å². The first-order chi connectivity index (χ1) is 10.1. The summed E-state index contributed by atoms with van der Waals surface area (Å²) in [4.78, 5) is 0. The van der Waals surface area contributed by atoms with Crippen LogP contribution in [0.5, 0.6) is 0 Å². The molecule has 0 saturated heterocycles. The van der Waals surface area contributed by atoms with Crippen LogP contribution < -0.4 is 0 Å². The zero-order chi connectivity index (χ0) is 16.5. The fourth-order valence-corrected chi connectivity index (χ4v) is 2.00. The summed E-state index contributed by atoms with van der Waals surface area (Å²) in [5, 5.41) is 0. The van der Waals surface area contributed by atoms with Crippen LogP contribution in [0.1, 0.15) is 28.2 Å². The van der Waals surface area contributed by atoms with Gasteiger partial charge in [-0.15, -0.1) is 0 Å². The summed E-state index contributed by atoms with van der Waals surface area (Å²) in [6.07, 6.45) is -8.85. The largest absolute Gasteiger partial charge is 0.416 e. The van der Waals surface area contributed by atoms with Gasteiger partial charge in [0.05, 0.1) is 11.1 Å². The highest BCUT2D eigenvalue weighted by molar-refractivity contribution is 5.37. The maximum Gasteiger partial charge on any atom is 0.416 e. The zero-order valence-corrected chi connectivity index (χ0v) is 11.2. The van der Waals surface area contributed by atoms with E-state index in [0.717, 1.165) is 24.3 Å². The summed E-state index contributed by atoms with van der Waals surface area (Å²) in [7, 11) is 0. The van der Waals surface area contributed by atoms with E-state index in [9.17, 15) is 26.3 Å². The third kappa shape index (κ3) is 3.61. The van der Waals surface area contributed by atoms with Crippen LogP contribution in [0.25, 0.3) is 0 Å². The maximum atomic E-state index is 12.5. The topological polar surface area (TPSA) is 0 Å². The summed E-state index contributed by atoms with van der Waals surface area (Å²) >= 11 is 0. The summed E-state index contributed by atoms with van der Waals surface area (Å²) in [6.45, 7) is 3.80. The molecule has 0 bridgehead atoms. The average molecular weight is 317 g/mol. The van der Waals surface area contributed by atoms with E-state index in [1.807, 2.05) is 0 Å². The maximum absolute atomic E-state index is 12.5.